The first-order valence-electron chi connectivity index (χ1n) is 19.1. The zero-order valence-corrected chi connectivity index (χ0v) is 30.4. The monoisotopic (exact) mass is 702 g/mol. The van der Waals surface area contributed by atoms with E-state index in [1.54, 1.807) is 0 Å². The van der Waals surface area contributed by atoms with Crippen LogP contribution in [0.2, 0.25) is 0 Å². The van der Waals surface area contributed by atoms with Crippen LogP contribution in [-0.4, -0.2) is 0 Å². The van der Waals surface area contributed by atoms with E-state index in [0.29, 0.717) is 0 Å². The summed E-state index contributed by atoms with van der Waals surface area (Å²) in [5.74, 6) is 0.212. The molecule has 1 unspecified atom stereocenters. The topological polar surface area (TPSA) is 13.1 Å². The van der Waals surface area contributed by atoms with Crippen LogP contribution in [0.5, 0.6) is 0 Å². The molecule has 0 spiro atoms. The Labute approximate surface area is 321 Å². The minimum atomic E-state index is 0.212. The van der Waals surface area contributed by atoms with Gasteiger partial charge in [-0.05, 0) is 103 Å². The van der Waals surface area contributed by atoms with Gasteiger partial charge in [0.1, 0.15) is 11.2 Å². The van der Waals surface area contributed by atoms with Crippen molar-refractivity contribution >= 4 is 32.7 Å². The molecule has 1 aromatic heterocycles. The molecule has 0 amide bonds. The zero-order valence-electron chi connectivity index (χ0n) is 30.4. The molecule has 10 rings (SSSR count). The van der Waals surface area contributed by atoms with E-state index < -0.39 is 0 Å². The fraction of sp³-hybridized carbons (Fsp3) is 0.0370. The molecule has 0 radical (unpaired) electrons. The van der Waals surface area contributed by atoms with Gasteiger partial charge in [0.25, 0.3) is 0 Å². The summed E-state index contributed by atoms with van der Waals surface area (Å²) in [4.78, 5) is 0. The van der Waals surface area contributed by atoms with E-state index in [-0.39, 0.29) is 5.92 Å². The third kappa shape index (κ3) is 6.30. The van der Waals surface area contributed by atoms with Crippen LogP contribution in [0.15, 0.2) is 217 Å². The largest absolute Gasteiger partial charge is 0.456 e. The second kappa shape index (κ2) is 14.1. The molecule has 55 heavy (non-hydrogen) atoms. The molecule has 0 aliphatic rings. The molecule has 0 aliphatic carbocycles. The lowest BCUT2D eigenvalue weighted by Gasteiger charge is -2.20. The smallest absolute Gasteiger partial charge is 0.136 e. The quantitative estimate of drug-likeness (QED) is 0.154. The van der Waals surface area contributed by atoms with Crippen LogP contribution < -0.4 is 0 Å². The molecule has 0 aliphatic heterocycles. The van der Waals surface area contributed by atoms with Gasteiger partial charge in [0.2, 0.25) is 0 Å². The van der Waals surface area contributed by atoms with Crippen molar-refractivity contribution in [1.82, 2.24) is 0 Å². The predicted molar refractivity (Wildman–Crippen MR) is 231 cm³/mol. The number of furan rings is 1. The fourth-order valence-corrected chi connectivity index (χ4v) is 8.31. The van der Waals surface area contributed by atoms with Crippen LogP contribution in [0.1, 0.15) is 22.6 Å². The Bertz CT molecular complexity index is 2920. The van der Waals surface area contributed by atoms with E-state index in [0.717, 1.165) is 34.1 Å². The maximum absolute atomic E-state index is 6.67. The van der Waals surface area contributed by atoms with Gasteiger partial charge in [0, 0.05) is 16.7 Å². The average molecular weight is 703 g/mol. The molecule has 0 saturated carbocycles. The molecule has 1 heterocycles. The second-order valence-corrected chi connectivity index (χ2v) is 14.5. The number of fused-ring (bicyclic) bond motifs is 5. The lowest BCUT2D eigenvalue weighted by Crippen LogP contribution is -2.05. The van der Waals surface area contributed by atoms with Gasteiger partial charge in [-0.25, -0.2) is 0 Å². The molecule has 0 bridgehead atoms. The molecule has 1 atom stereocenters. The number of hydrogen-bond acceptors (Lipinski definition) is 1. The van der Waals surface area contributed by atoms with Gasteiger partial charge in [-0.15, -0.1) is 0 Å². The first kappa shape index (κ1) is 32.7. The first-order valence-corrected chi connectivity index (χ1v) is 19.1. The van der Waals surface area contributed by atoms with Crippen molar-refractivity contribution in [3.63, 3.8) is 0 Å². The van der Waals surface area contributed by atoms with Crippen molar-refractivity contribution in [2.75, 3.05) is 0 Å². The van der Waals surface area contributed by atoms with Gasteiger partial charge in [-0.3, -0.25) is 0 Å². The lowest BCUT2D eigenvalue weighted by molar-refractivity contribution is 0.669. The second-order valence-electron chi connectivity index (χ2n) is 14.5. The Morgan fingerprint density at radius 2 is 0.873 bits per heavy atom. The van der Waals surface area contributed by atoms with Gasteiger partial charge in [-0.1, -0.05) is 188 Å². The minimum absolute atomic E-state index is 0.212. The summed E-state index contributed by atoms with van der Waals surface area (Å²) in [6, 6.07) is 76.8. The molecule has 1 heteroatoms. The first-order chi connectivity index (χ1) is 27.2. The highest BCUT2D eigenvalue weighted by Gasteiger charge is 2.18. The van der Waals surface area contributed by atoms with Gasteiger partial charge in [0.15, 0.2) is 0 Å². The standard InChI is InChI=1S/C54H38O/c1-4-14-37(15-5-1)32-50(41-28-26-39(27-29-41)38-16-6-2-7-17-38)46-23-13-22-44(34-46)42-20-12-21-43(33-42)45-30-31-49-52(35-45)55-53-36-51(40-18-8-3-9-19-40)47-24-10-11-25-48(47)54(49)53/h1-31,33-36,50H,32H2. The number of hydrogen-bond donors (Lipinski definition) is 0. The van der Waals surface area contributed by atoms with E-state index in [1.165, 1.54) is 66.2 Å². The molecule has 9 aromatic carbocycles. The maximum Gasteiger partial charge on any atom is 0.136 e. The Morgan fingerprint density at radius 1 is 0.327 bits per heavy atom. The molecule has 0 saturated heterocycles. The summed E-state index contributed by atoms with van der Waals surface area (Å²) in [6.45, 7) is 0. The van der Waals surface area contributed by atoms with Crippen LogP contribution in [0.25, 0.3) is 77.2 Å². The van der Waals surface area contributed by atoms with Gasteiger partial charge in [-0.2, -0.15) is 0 Å². The SMILES string of the molecule is c1ccc(CC(c2ccc(-c3ccccc3)cc2)c2cccc(-c3cccc(-c4ccc5c(c4)oc4cc(-c6ccccc6)c6ccccc6c45)c3)c2)cc1. The molecule has 1 nitrogen and oxygen atoms in total. The molecule has 260 valence electrons. The lowest BCUT2D eigenvalue weighted by atomic mass is 9.84. The van der Waals surface area contributed by atoms with E-state index in [4.69, 9.17) is 4.42 Å². The van der Waals surface area contributed by atoms with E-state index >= 15 is 0 Å². The average Bonchev–Trinajstić information content (AvgIpc) is 3.64. The number of benzene rings is 9. The van der Waals surface area contributed by atoms with Gasteiger partial charge < -0.3 is 4.42 Å². The third-order valence-corrected chi connectivity index (χ3v) is 11.1. The van der Waals surface area contributed by atoms with Gasteiger partial charge in [0.05, 0.1) is 0 Å². The van der Waals surface area contributed by atoms with Crippen LogP contribution in [0.4, 0.5) is 0 Å². The van der Waals surface area contributed by atoms with E-state index in [1.807, 2.05) is 0 Å². The van der Waals surface area contributed by atoms with Crippen molar-refractivity contribution in [3.05, 3.63) is 229 Å². The summed E-state index contributed by atoms with van der Waals surface area (Å²) in [5, 5.41) is 4.75. The minimum Gasteiger partial charge on any atom is -0.456 e. The molecular weight excluding hydrogens is 665 g/mol. The normalized spacial score (nSPS) is 12.0. The highest BCUT2D eigenvalue weighted by atomic mass is 16.3. The van der Waals surface area contributed by atoms with Crippen molar-refractivity contribution in [2.24, 2.45) is 0 Å². The van der Waals surface area contributed by atoms with Crippen molar-refractivity contribution in [1.29, 1.82) is 0 Å². The molecule has 10 aromatic rings. The predicted octanol–water partition coefficient (Wildman–Crippen LogP) is 14.8. The highest BCUT2D eigenvalue weighted by molar-refractivity contribution is 6.22. The third-order valence-electron chi connectivity index (χ3n) is 11.1. The summed E-state index contributed by atoms with van der Waals surface area (Å²) in [6.07, 6.45) is 0.925. The summed E-state index contributed by atoms with van der Waals surface area (Å²) in [5.41, 5.74) is 15.3. The summed E-state index contributed by atoms with van der Waals surface area (Å²) < 4.78 is 6.67. The Morgan fingerprint density at radius 3 is 1.60 bits per heavy atom. The van der Waals surface area contributed by atoms with Crippen molar-refractivity contribution in [3.8, 4) is 44.5 Å². The van der Waals surface area contributed by atoms with Crippen LogP contribution >= 0.6 is 0 Å². The fourth-order valence-electron chi connectivity index (χ4n) is 8.31. The van der Waals surface area contributed by atoms with Crippen molar-refractivity contribution in [2.45, 2.75) is 12.3 Å². The van der Waals surface area contributed by atoms with Crippen LogP contribution in [0, 0.1) is 0 Å². The highest BCUT2D eigenvalue weighted by Crippen LogP contribution is 2.41. The summed E-state index contributed by atoms with van der Waals surface area (Å²) >= 11 is 0. The molecular formula is C54H38O. The Balaban J connectivity index is 1.01. The van der Waals surface area contributed by atoms with Gasteiger partial charge >= 0.3 is 0 Å². The van der Waals surface area contributed by atoms with E-state index in [9.17, 15) is 0 Å². The van der Waals surface area contributed by atoms with Crippen LogP contribution in [-0.2, 0) is 6.42 Å². The summed E-state index contributed by atoms with van der Waals surface area (Å²) in [7, 11) is 0. The Hall–Kier alpha value is -6.96. The maximum atomic E-state index is 6.67. The van der Waals surface area contributed by atoms with Crippen LogP contribution in [0.3, 0.4) is 0 Å². The number of rotatable bonds is 8. The Kier molecular flexibility index (Phi) is 8.39. The van der Waals surface area contributed by atoms with Crippen molar-refractivity contribution < 1.29 is 4.42 Å². The molecule has 0 N–H and O–H groups in total. The van der Waals surface area contributed by atoms with E-state index in [2.05, 4.69) is 212 Å². The molecule has 0 fully saturated rings. The zero-order chi connectivity index (χ0) is 36.6.